The fraction of sp³-hybridized carbons (Fsp3) is 0.188. The zero-order valence-corrected chi connectivity index (χ0v) is 13.5. The minimum Gasteiger partial charge on any atom is -0.508 e. The molecule has 0 unspecified atom stereocenters. The Morgan fingerprint density at radius 2 is 2.08 bits per heavy atom. The van der Waals surface area contributed by atoms with Crippen LogP contribution in [0.25, 0.3) is 0 Å². The van der Waals surface area contributed by atoms with E-state index in [-0.39, 0.29) is 30.2 Å². The zero-order chi connectivity index (χ0) is 17.7. The van der Waals surface area contributed by atoms with Gasteiger partial charge in [-0.3, -0.25) is 14.9 Å². The molecule has 0 bridgehead atoms. The Kier molecular flexibility index (Phi) is 5.59. The maximum absolute atomic E-state index is 11.8. The molecule has 0 radical (unpaired) electrons. The number of rotatable bonds is 6. The van der Waals surface area contributed by atoms with Crippen molar-refractivity contribution < 1.29 is 19.6 Å². The summed E-state index contributed by atoms with van der Waals surface area (Å²) in [5, 5.41) is 23.3. The van der Waals surface area contributed by atoms with Gasteiger partial charge in [0.2, 0.25) is 0 Å². The smallest absolute Gasteiger partial charge is 0.270 e. The summed E-state index contributed by atoms with van der Waals surface area (Å²) in [6, 6.07) is 8.80. The molecular weight excluding hydrogens is 336 g/mol. The first-order chi connectivity index (χ1) is 11.4. The third-order valence-corrected chi connectivity index (χ3v) is 3.51. The lowest BCUT2D eigenvalue weighted by molar-refractivity contribution is -0.384. The maximum atomic E-state index is 11.8. The molecule has 0 aliphatic rings. The molecule has 0 fully saturated rings. The zero-order valence-electron chi connectivity index (χ0n) is 12.8. The van der Waals surface area contributed by atoms with Crippen LogP contribution in [0.2, 0.25) is 5.02 Å². The summed E-state index contributed by atoms with van der Waals surface area (Å²) in [7, 11) is 0. The molecule has 0 aromatic heterocycles. The number of halogens is 1. The van der Waals surface area contributed by atoms with E-state index in [4.69, 9.17) is 16.3 Å². The van der Waals surface area contributed by atoms with Crippen LogP contribution in [0.1, 0.15) is 11.1 Å². The van der Waals surface area contributed by atoms with Gasteiger partial charge < -0.3 is 15.2 Å². The van der Waals surface area contributed by atoms with Gasteiger partial charge in [-0.25, -0.2) is 0 Å². The van der Waals surface area contributed by atoms with Crippen LogP contribution >= 0.6 is 11.6 Å². The number of carbonyl (C=O) groups is 1. The second kappa shape index (κ2) is 7.65. The van der Waals surface area contributed by atoms with Crippen molar-refractivity contribution in [1.29, 1.82) is 0 Å². The van der Waals surface area contributed by atoms with E-state index in [1.165, 1.54) is 18.2 Å². The summed E-state index contributed by atoms with van der Waals surface area (Å²) in [5.41, 5.74) is 1.02. The normalized spacial score (nSPS) is 10.2. The highest BCUT2D eigenvalue weighted by molar-refractivity contribution is 6.32. The van der Waals surface area contributed by atoms with E-state index >= 15 is 0 Å². The Morgan fingerprint density at radius 3 is 2.79 bits per heavy atom. The van der Waals surface area contributed by atoms with Crippen LogP contribution in [0.15, 0.2) is 36.4 Å². The van der Waals surface area contributed by atoms with Gasteiger partial charge in [0.1, 0.15) is 11.5 Å². The molecule has 24 heavy (non-hydrogen) atoms. The van der Waals surface area contributed by atoms with Crippen molar-refractivity contribution in [2.45, 2.75) is 13.5 Å². The van der Waals surface area contributed by atoms with Crippen LogP contribution < -0.4 is 10.1 Å². The minimum atomic E-state index is -0.576. The molecule has 0 aliphatic carbocycles. The monoisotopic (exact) mass is 350 g/mol. The molecule has 2 aromatic rings. The van der Waals surface area contributed by atoms with E-state index in [2.05, 4.69) is 5.32 Å². The van der Waals surface area contributed by atoms with E-state index in [1.807, 2.05) is 13.0 Å². The number of benzene rings is 2. The molecule has 8 heteroatoms. The quantitative estimate of drug-likeness (QED) is 0.616. The molecular formula is C16H15ClN2O5. The molecule has 7 nitrogen and oxygen atoms in total. The first kappa shape index (κ1) is 17.6. The minimum absolute atomic E-state index is 0.0583. The van der Waals surface area contributed by atoms with Crippen LogP contribution in [-0.4, -0.2) is 22.5 Å². The van der Waals surface area contributed by atoms with E-state index in [0.29, 0.717) is 10.8 Å². The summed E-state index contributed by atoms with van der Waals surface area (Å²) in [5.74, 6) is -0.188. The molecule has 0 aliphatic heterocycles. The van der Waals surface area contributed by atoms with E-state index in [1.54, 1.807) is 12.1 Å². The summed E-state index contributed by atoms with van der Waals surface area (Å²) >= 11 is 5.97. The third kappa shape index (κ3) is 4.60. The number of phenols is 1. The molecule has 0 saturated carbocycles. The van der Waals surface area contributed by atoms with Crippen molar-refractivity contribution in [2.24, 2.45) is 0 Å². The summed E-state index contributed by atoms with van der Waals surface area (Å²) in [6.07, 6.45) is 0. The van der Waals surface area contributed by atoms with Gasteiger partial charge in [-0.05, 0) is 30.7 Å². The van der Waals surface area contributed by atoms with Crippen LogP contribution in [0.5, 0.6) is 11.5 Å². The van der Waals surface area contributed by atoms with Crippen LogP contribution in [-0.2, 0) is 11.3 Å². The molecule has 2 aromatic carbocycles. The second-order valence-electron chi connectivity index (χ2n) is 5.07. The molecule has 1 amide bonds. The lowest BCUT2D eigenvalue weighted by Crippen LogP contribution is -2.28. The molecule has 0 heterocycles. The molecule has 0 saturated heterocycles. The summed E-state index contributed by atoms with van der Waals surface area (Å²) < 4.78 is 5.35. The summed E-state index contributed by atoms with van der Waals surface area (Å²) in [4.78, 5) is 22.0. The van der Waals surface area contributed by atoms with E-state index < -0.39 is 10.8 Å². The van der Waals surface area contributed by atoms with Crippen LogP contribution in [0.3, 0.4) is 0 Å². The maximum Gasteiger partial charge on any atom is 0.270 e. The highest BCUT2D eigenvalue weighted by atomic mass is 35.5. The number of nitro groups is 1. The number of nitrogens with zero attached hydrogens (tertiary/aromatic N) is 1. The Labute approximate surface area is 143 Å². The van der Waals surface area contributed by atoms with Crippen molar-refractivity contribution in [1.82, 2.24) is 5.32 Å². The molecule has 0 atom stereocenters. The fourth-order valence-corrected chi connectivity index (χ4v) is 2.11. The van der Waals surface area contributed by atoms with Gasteiger partial charge in [0, 0.05) is 24.2 Å². The number of hydrogen-bond donors (Lipinski definition) is 2. The van der Waals surface area contributed by atoms with Crippen molar-refractivity contribution in [3.05, 3.63) is 62.7 Å². The van der Waals surface area contributed by atoms with Crippen molar-refractivity contribution in [3.63, 3.8) is 0 Å². The van der Waals surface area contributed by atoms with Gasteiger partial charge in [-0.2, -0.15) is 0 Å². The highest BCUT2D eigenvalue weighted by Crippen LogP contribution is 2.25. The Balaban J connectivity index is 1.93. The SMILES string of the molecule is Cc1ccc(Cl)c(OCC(=O)NCc2cc([N+](=O)[O-])ccc2O)c1. The van der Waals surface area contributed by atoms with E-state index in [0.717, 1.165) is 5.56 Å². The third-order valence-electron chi connectivity index (χ3n) is 3.20. The highest BCUT2D eigenvalue weighted by Gasteiger charge is 2.12. The summed E-state index contributed by atoms with van der Waals surface area (Å²) in [6.45, 7) is 1.55. The predicted molar refractivity (Wildman–Crippen MR) is 88.3 cm³/mol. The van der Waals surface area contributed by atoms with Gasteiger partial charge in [0.25, 0.3) is 11.6 Å². The Morgan fingerprint density at radius 1 is 1.33 bits per heavy atom. The first-order valence-electron chi connectivity index (χ1n) is 6.98. The van der Waals surface area contributed by atoms with Crippen molar-refractivity contribution >= 4 is 23.2 Å². The number of amides is 1. The number of aryl methyl sites for hydroxylation is 1. The largest absolute Gasteiger partial charge is 0.508 e. The number of aromatic hydroxyl groups is 1. The molecule has 126 valence electrons. The predicted octanol–water partition coefficient (Wildman–Crippen LogP) is 2.96. The van der Waals surface area contributed by atoms with Gasteiger partial charge in [0.15, 0.2) is 6.61 Å². The number of ether oxygens (including phenoxy) is 1. The van der Waals surface area contributed by atoms with Crippen LogP contribution in [0.4, 0.5) is 5.69 Å². The number of phenolic OH excluding ortho intramolecular Hbond substituents is 1. The number of non-ortho nitro benzene ring substituents is 1. The molecule has 0 spiro atoms. The van der Waals surface area contributed by atoms with Crippen molar-refractivity contribution in [3.8, 4) is 11.5 Å². The Hall–Kier alpha value is -2.80. The lowest BCUT2D eigenvalue weighted by Gasteiger charge is -2.10. The van der Waals surface area contributed by atoms with Crippen LogP contribution in [0, 0.1) is 17.0 Å². The van der Waals surface area contributed by atoms with Crippen molar-refractivity contribution in [2.75, 3.05) is 6.61 Å². The second-order valence-corrected chi connectivity index (χ2v) is 5.48. The average Bonchev–Trinajstić information content (AvgIpc) is 2.54. The number of nitrogens with one attached hydrogen (secondary N) is 1. The standard InChI is InChI=1S/C16H15ClN2O5/c1-10-2-4-13(17)15(6-10)24-9-16(21)18-8-11-7-12(19(22)23)3-5-14(11)20/h2-7,20H,8-9H2,1H3,(H,18,21). The molecule has 2 rings (SSSR count). The van der Waals surface area contributed by atoms with Gasteiger partial charge in [-0.15, -0.1) is 0 Å². The number of carbonyl (C=O) groups excluding carboxylic acids is 1. The van der Waals surface area contributed by atoms with Gasteiger partial charge >= 0.3 is 0 Å². The van der Waals surface area contributed by atoms with Gasteiger partial charge in [-0.1, -0.05) is 17.7 Å². The Bertz CT molecular complexity index is 779. The number of nitro benzene ring substituents is 1. The topological polar surface area (TPSA) is 102 Å². The fourth-order valence-electron chi connectivity index (χ4n) is 1.94. The lowest BCUT2D eigenvalue weighted by atomic mass is 10.2. The van der Waals surface area contributed by atoms with E-state index in [9.17, 15) is 20.0 Å². The number of hydrogen-bond acceptors (Lipinski definition) is 5. The average molecular weight is 351 g/mol. The molecule has 2 N–H and O–H groups in total. The van der Waals surface area contributed by atoms with Gasteiger partial charge in [0.05, 0.1) is 9.95 Å². The first-order valence-corrected chi connectivity index (χ1v) is 7.36.